The van der Waals surface area contributed by atoms with E-state index in [0.717, 1.165) is 12.8 Å². The van der Waals surface area contributed by atoms with Crippen molar-refractivity contribution in [3.05, 3.63) is 0 Å². The number of amides is 2. The van der Waals surface area contributed by atoms with Crippen LogP contribution in [0.3, 0.4) is 0 Å². The van der Waals surface area contributed by atoms with Gasteiger partial charge in [0.15, 0.2) is 5.66 Å². The average molecular weight is 168 g/mol. The highest BCUT2D eigenvalue weighted by molar-refractivity contribution is 5.73. The van der Waals surface area contributed by atoms with Crippen molar-refractivity contribution in [1.29, 1.82) is 5.26 Å². The van der Waals surface area contributed by atoms with Gasteiger partial charge in [0.05, 0.1) is 0 Å². The van der Waals surface area contributed by atoms with Crippen LogP contribution in [0.2, 0.25) is 0 Å². The van der Waals surface area contributed by atoms with Crippen molar-refractivity contribution in [1.82, 2.24) is 4.90 Å². The number of piperidine rings is 1. The Morgan fingerprint density at radius 1 is 1.58 bits per heavy atom. The van der Waals surface area contributed by atoms with E-state index in [-0.39, 0.29) is 0 Å². The number of hydrogen-bond acceptors (Lipinski definition) is 3. The first kappa shape index (κ1) is 8.81. The summed E-state index contributed by atoms with van der Waals surface area (Å²) in [6.07, 6.45) is 2.24. The van der Waals surface area contributed by atoms with E-state index in [2.05, 4.69) is 0 Å². The molecule has 1 saturated heterocycles. The van der Waals surface area contributed by atoms with Gasteiger partial charge in [0.25, 0.3) is 0 Å². The first-order valence-corrected chi connectivity index (χ1v) is 3.87. The number of rotatable bonds is 0. The molecule has 0 spiro atoms. The van der Waals surface area contributed by atoms with Gasteiger partial charge in [-0.25, -0.2) is 4.79 Å². The van der Waals surface area contributed by atoms with Crippen molar-refractivity contribution < 1.29 is 4.79 Å². The number of primary amides is 1. The number of carbonyl (C=O) groups excluding carboxylic acids is 1. The molecule has 1 aliphatic rings. The van der Waals surface area contributed by atoms with Crippen LogP contribution in [0.1, 0.15) is 19.3 Å². The Hall–Kier alpha value is -1.28. The first-order valence-electron chi connectivity index (χ1n) is 3.87. The van der Waals surface area contributed by atoms with Crippen LogP contribution >= 0.6 is 0 Å². The third kappa shape index (κ3) is 1.34. The first-order chi connectivity index (χ1) is 5.60. The molecule has 5 heteroatoms. The number of nitrogens with zero attached hydrogens (tertiary/aromatic N) is 2. The summed E-state index contributed by atoms with van der Waals surface area (Å²) >= 11 is 0. The van der Waals surface area contributed by atoms with Gasteiger partial charge < -0.3 is 5.73 Å². The molecule has 1 unspecified atom stereocenters. The average Bonchev–Trinajstić information content (AvgIpc) is 2.05. The van der Waals surface area contributed by atoms with Gasteiger partial charge in [-0.05, 0) is 19.3 Å². The largest absolute Gasteiger partial charge is 0.351 e. The van der Waals surface area contributed by atoms with Gasteiger partial charge in [-0.15, -0.1) is 0 Å². The monoisotopic (exact) mass is 168 g/mol. The van der Waals surface area contributed by atoms with E-state index in [1.165, 1.54) is 4.90 Å². The lowest BCUT2D eigenvalue weighted by atomic mass is 9.98. The highest BCUT2D eigenvalue weighted by atomic mass is 16.2. The van der Waals surface area contributed by atoms with Gasteiger partial charge in [0.2, 0.25) is 0 Å². The molecule has 0 saturated carbocycles. The minimum absolute atomic E-state index is 0.486. The highest BCUT2D eigenvalue weighted by Crippen LogP contribution is 2.22. The number of likely N-dealkylation sites (tertiary alicyclic amines) is 1. The van der Waals surface area contributed by atoms with Crippen LogP contribution in [0.25, 0.3) is 0 Å². The van der Waals surface area contributed by atoms with E-state index < -0.39 is 11.7 Å². The third-order valence-corrected chi connectivity index (χ3v) is 2.13. The molecule has 1 fully saturated rings. The van der Waals surface area contributed by atoms with Gasteiger partial charge in [-0.3, -0.25) is 10.6 Å². The summed E-state index contributed by atoms with van der Waals surface area (Å²) < 4.78 is 0. The molecule has 0 aliphatic carbocycles. The zero-order valence-electron chi connectivity index (χ0n) is 6.79. The Balaban J connectivity index is 2.82. The molecular formula is C7H12N4O. The van der Waals surface area contributed by atoms with E-state index in [0.29, 0.717) is 13.0 Å². The summed E-state index contributed by atoms with van der Waals surface area (Å²) in [6, 6.07) is 1.30. The molecule has 1 aliphatic heterocycles. The molecule has 66 valence electrons. The lowest BCUT2D eigenvalue weighted by Crippen LogP contribution is -2.61. The molecule has 0 aromatic carbocycles. The minimum atomic E-state index is -1.18. The van der Waals surface area contributed by atoms with E-state index in [1.54, 1.807) is 0 Å². The zero-order chi connectivity index (χ0) is 9.19. The van der Waals surface area contributed by atoms with Gasteiger partial charge in [-0.2, -0.15) is 5.26 Å². The normalized spacial score (nSPS) is 29.5. The number of carbonyl (C=O) groups is 1. The quantitative estimate of drug-likeness (QED) is 0.521. The molecule has 0 radical (unpaired) electrons. The molecule has 1 rings (SSSR count). The van der Waals surface area contributed by atoms with E-state index in [1.807, 2.05) is 6.07 Å². The molecule has 0 aromatic rings. The molecule has 5 nitrogen and oxygen atoms in total. The fourth-order valence-corrected chi connectivity index (χ4v) is 1.42. The smallest absolute Gasteiger partial charge is 0.317 e. The van der Waals surface area contributed by atoms with Crippen molar-refractivity contribution in [2.45, 2.75) is 24.9 Å². The molecule has 1 atom stereocenters. The molecule has 4 N–H and O–H groups in total. The lowest BCUT2D eigenvalue weighted by molar-refractivity contribution is 0.125. The van der Waals surface area contributed by atoms with Gasteiger partial charge in [-0.1, -0.05) is 0 Å². The van der Waals surface area contributed by atoms with Crippen LogP contribution in [-0.2, 0) is 0 Å². The van der Waals surface area contributed by atoms with Crippen molar-refractivity contribution >= 4 is 6.03 Å². The summed E-state index contributed by atoms with van der Waals surface area (Å²) in [6.45, 7) is 0.486. The van der Waals surface area contributed by atoms with Crippen LogP contribution in [0, 0.1) is 11.3 Å². The van der Waals surface area contributed by atoms with E-state index in [4.69, 9.17) is 16.7 Å². The van der Waals surface area contributed by atoms with Crippen LogP contribution in [0.5, 0.6) is 0 Å². The lowest BCUT2D eigenvalue weighted by Gasteiger charge is -2.37. The predicted octanol–water partition coefficient (Wildman–Crippen LogP) is -0.270. The van der Waals surface area contributed by atoms with Gasteiger partial charge in [0, 0.05) is 6.54 Å². The maximum Gasteiger partial charge on any atom is 0.317 e. The van der Waals surface area contributed by atoms with Crippen molar-refractivity contribution in [2.24, 2.45) is 11.5 Å². The SMILES string of the molecule is N#CC1(N)CCCCN1C(N)=O. The number of nitriles is 1. The number of urea groups is 1. The zero-order valence-corrected chi connectivity index (χ0v) is 6.79. The van der Waals surface area contributed by atoms with Gasteiger partial charge in [0.1, 0.15) is 6.07 Å². The van der Waals surface area contributed by atoms with Crippen LogP contribution in [0.4, 0.5) is 4.79 Å². The topological polar surface area (TPSA) is 96.1 Å². The van der Waals surface area contributed by atoms with Crippen LogP contribution in [-0.4, -0.2) is 23.1 Å². The molecular weight excluding hydrogens is 156 g/mol. The summed E-state index contributed by atoms with van der Waals surface area (Å²) in [7, 11) is 0. The summed E-state index contributed by atoms with van der Waals surface area (Å²) in [5.74, 6) is 0. The highest BCUT2D eigenvalue weighted by Gasteiger charge is 2.37. The standard InChI is InChI=1S/C7H12N4O/c8-5-7(10)3-1-2-4-11(7)6(9)12/h1-4,10H2,(H2,9,12). The Labute approximate surface area is 70.9 Å². The third-order valence-electron chi connectivity index (χ3n) is 2.13. The molecule has 0 bridgehead atoms. The summed E-state index contributed by atoms with van der Waals surface area (Å²) in [4.78, 5) is 12.1. The minimum Gasteiger partial charge on any atom is -0.351 e. The Morgan fingerprint density at radius 2 is 2.25 bits per heavy atom. The molecule has 0 aromatic heterocycles. The Kier molecular flexibility index (Phi) is 2.20. The van der Waals surface area contributed by atoms with E-state index >= 15 is 0 Å². The molecule has 12 heavy (non-hydrogen) atoms. The Bertz CT molecular complexity index is 234. The summed E-state index contributed by atoms with van der Waals surface area (Å²) in [5.41, 5.74) is 9.57. The van der Waals surface area contributed by atoms with E-state index in [9.17, 15) is 4.79 Å². The molecule has 1 heterocycles. The predicted molar refractivity (Wildman–Crippen MR) is 42.7 cm³/mol. The number of nitrogens with two attached hydrogens (primary N) is 2. The fourth-order valence-electron chi connectivity index (χ4n) is 1.42. The maximum atomic E-state index is 10.8. The summed E-state index contributed by atoms with van der Waals surface area (Å²) in [5, 5.41) is 8.75. The second-order valence-electron chi connectivity index (χ2n) is 2.98. The van der Waals surface area contributed by atoms with Gasteiger partial charge >= 0.3 is 6.03 Å². The number of hydrogen-bond donors (Lipinski definition) is 2. The van der Waals surface area contributed by atoms with Crippen LogP contribution < -0.4 is 11.5 Å². The second-order valence-corrected chi connectivity index (χ2v) is 2.98. The van der Waals surface area contributed by atoms with Crippen LogP contribution in [0.15, 0.2) is 0 Å². The van der Waals surface area contributed by atoms with Crippen molar-refractivity contribution in [3.8, 4) is 6.07 Å². The fraction of sp³-hybridized carbons (Fsp3) is 0.714. The Morgan fingerprint density at radius 3 is 2.67 bits per heavy atom. The van der Waals surface area contributed by atoms with Crippen molar-refractivity contribution in [3.63, 3.8) is 0 Å². The maximum absolute atomic E-state index is 10.8. The molecule has 2 amide bonds. The second kappa shape index (κ2) is 2.99. The van der Waals surface area contributed by atoms with Crippen molar-refractivity contribution in [2.75, 3.05) is 6.54 Å².